The van der Waals surface area contributed by atoms with Crippen molar-refractivity contribution in [2.75, 3.05) is 7.11 Å². The highest BCUT2D eigenvalue weighted by atomic mass is 35.5. The molecule has 1 aliphatic rings. The summed E-state index contributed by atoms with van der Waals surface area (Å²) in [7, 11) is 1.55. The van der Waals surface area contributed by atoms with E-state index in [-0.39, 0.29) is 23.3 Å². The van der Waals surface area contributed by atoms with Crippen molar-refractivity contribution < 1.29 is 18.7 Å². The van der Waals surface area contributed by atoms with E-state index in [1.165, 1.54) is 0 Å². The lowest BCUT2D eigenvalue weighted by Gasteiger charge is -2.26. The average Bonchev–Trinajstić information content (AvgIpc) is 3.25. The van der Waals surface area contributed by atoms with Gasteiger partial charge in [0.1, 0.15) is 12.2 Å². The molecule has 41 heavy (non-hydrogen) atoms. The first-order valence-corrected chi connectivity index (χ1v) is 13.8. The molecule has 1 unspecified atom stereocenters. The molecule has 1 aliphatic heterocycles. The van der Waals surface area contributed by atoms with Crippen LogP contribution in [0.25, 0.3) is 11.0 Å². The molecule has 0 bridgehead atoms. The van der Waals surface area contributed by atoms with Gasteiger partial charge in [-0.25, -0.2) is 0 Å². The zero-order chi connectivity index (χ0) is 28.7. The molecule has 5 aromatic rings. The number of nitrogens with zero attached hydrogens (tertiary/aromatic N) is 1. The van der Waals surface area contributed by atoms with Crippen LogP contribution in [0.3, 0.4) is 0 Å². The van der Waals surface area contributed by atoms with E-state index in [0.717, 1.165) is 16.7 Å². The van der Waals surface area contributed by atoms with E-state index in [0.29, 0.717) is 44.7 Å². The Labute approximate surface area is 246 Å². The molecular weight excluding hydrogens is 561 g/mol. The number of benzene rings is 4. The van der Waals surface area contributed by atoms with Crippen molar-refractivity contribution in [2.45, 2.75) is 26.1 Å². The molecule has 0 spiro atoms. The Morgan fingerprint density at radius 3 is 2.39 bits per heavy atom. The molecule has 1 aromatic heterocycles. The number of hydrogen-bond acceptors (Lipinski definition) is 5. The van der Waals surface area contributed by atoms with E-state index in [4.69, 9.17) is 37.1 Å². The first-order valence-electron chi connectivity index (χ1n) is 13.0. The van der Waals surface area contributed by atoms with Crippen LogP contribution >= 0.6 is 23.2 Å². The number of halogens is 2. The molecule has 0 radical (unpaired) electrons. The van der Waals surface area contributed by atoms with Crippen LogP contribution in [0.15, 0.2) is 94.1 Å². The number of carbonyl (C=O) groups excluding carboxylic acids is 1. The number of carbonyl (C=O) groups is 1. The van der Waals surface area contributed by atoms with Gasteiger partial charge in [-0.15, -0.1) is 0 Å². The molecule has 2 heterocycles. The maximum Gasteiger partial charge on any atom is 0.291 e. The van der Waals surface area contributed by atoms with Crippen molar-refractivity contribution in [3.05, 3.63) is 139 Å². The minimum absolute atomic E-state index is 0.00430. The quantitative estimate of drug-likeness (QED) is 0.195. The van der Waals surface area contributed by atoms with Gasteiger partial charge in [0.05, 0.1) is 24.1 Å². The second-order valence-corrected chi connectivity index (χ2v) is 10.7. The lowest BCUT2D eigenvalue weighted by atomic mass is 9.97. The standard InChI is InChI=1S/C33H25Cl2NO5/c1-19-14-27-23(16-25(19)35)31(37)29-30(36(33(38)32(29)41-27)17-22-10-6-7-11-24(22)34)21-12-13-26(28(15-21)39-2)40-18-20-8-4-3-5-9-20/h3-16,30H,17-18H2,1-2H3. The van der Waals surface area contributed by atoms with Gasteiger partial charge in [-0.1, -0.05) is 77.8 Å². The van der Waals surface area contributed by atoms with Crippen molar-refractivity contribution in [3.63, 3.8) is 0 Å². The topological polar surface area (TPSA) is 69.0 Å². The molecule has 6 rings (SSSR count). The fourth-order valence-electron chi connectivity index (χ4n) is 5.17. The SMILES string of the molecule is COc1cc(C2c3c(oc4cc(C)c(Cl)cc4c3=O)C(=O)N2Cc2ccccc2Cl)ccc1OCc1ccccc1. The highest BCUT2D eigenvalue weighted by Gasteiger charge is 2.43. The van der Waals surface area contributed by atoms with Crippen LogP contribution in [-0.4, -0.2) is 17.9 Å². The van der Waals surface area contributed by atoms with Gasteiger partial charge in [-0.2, -0.15) is 0 Å². The zero-order valence-corrected chi connectivity index (χ0v) is 23.8. The van der Waals surface area contributed by atoms with Crippen molar-refractivity contribution >= 4 is 40.1 Å². The highest BCUT2D eigenvalue weighted by Crippen LogP contribution is 2.42. The monoisotopic (exact) mass is 585 g/mol. The smallest absolute Gasteiger partial charge is 0.291 e. The number of rotatable bonds is 7. The third kappa shape index (κ3) is 4.94. The van der Waals surface area contributed by atoms with E-state index >= 15 is 0 Å². The van der Waals surface area contributed by atoms with Gasteiger partial charge in [0.25, 0.3) is 5.91 Å². The van der Waals surface area contributed by atoms with Crippen LogP contribution in [0.2, 0.25) is 10.0 Å². The molecule has 0 N–H and O–H groups in total. The first kappa shape index (κ1) is 26.9. The predicted molar refractivity (Wildman–Crippen MR) is 159 cm³/mol. The molecule has 0 saturated carbocycles. The van der Waals surface area contributed by atoms with Gasteiger partial charge in [0.15, 0.2) is 16.9 Å². The lowest BCUT2D eigenvalue weighted by Crippen LogP contribution is -2.29. The van der Waals surface area contributed by atoms with E-state index in [9.17, 15) is 9.59 Å². The number of hydrogen-bond donors (Lipinski definition) is 0. The average molecular weight is 586 g/mol. The summed E-state index contributed by atoms with van der Waals surface area (Å²) < 4.78 is 17.8. The van der Waals surface area contributed by atoms with Crippen LogP contribution in [0.5, 0.6) is 11.5 Å². The Hall–Kier alpha value is -4.26. The Balaban J connectivity index is 1.48. The Morgan fingerprint density at radius 1 is 0.878 bits per heavy atom. The van der Waals surface area contributed by atoms with Gasteiger partial charge < -0.3 is 18.8 Å². The molecule has 8 heteroatoms. The molecule has 0 fully saturated rings. The summed E-state index contributed by atoms with van der Waals surface area (Å²) in [5.41, 5.74) is 3.40. The molecule has 1 amide bonds. The van der Waals surface area contributed by atoms with Crippen LogP contribution in [-0.2, 0) is 13.2 Å². The second-order valence-electron chi connectivity index (χ2n) is 9.88. The Bertz CT molecular complexity index is 1850. The van der Waals surface area contributed by atoms with Gasteiger partial charge in [-0.05, 0) is 59.5 Å². The molecule has 1 atom stereocenters. The van der Waals surface area contributed by atoms with Crippen molar-refractivity contribution in [3.8, 4) is 11.5 Å². The van der Waals surface area contributed by atoms with E-state index in [2.05, 4.69) is 0 Å². The third-order valence-corrected chi connectivity index (χ3v) is 8.06. The van der Waals surface area contributed by atoms with Gasteiger partial charge in [-0.3, -0.25) is 9.59 Å². The Morgan fingerprint density at radius 2 is 1.63 bits per heavy atom. The van der Waals surface area contributed by atoms with Crippen LogP contribution in [0.4, 0.5) is 0 Å². The number of fused-ring (bicyclic) bond motifs is 2. The van der Waals surface area contributed by atoms with Gasteiger partial charge >= 0.3 is 0 Å². The second kappa shape index (κ2) is 11.0. The van der Waals surface area contributed by atoms with Gasteiger partial charge in [0.2, 0.25) is 5.76 Å². The molecular formula is C33H25Cl2NO5. The van der Waals surface area contributed by atoms with E-state index in [1.807, 2.05) is 61.5 Å². The van der Waals surface area contributed by atoms with Crippen LogP contribution in [0.1, 0.15) is 44.4 Å². The predicted octanol–water partition coefficient (Wildman–Crippen LogP) is 7.74. The molecule has 4 aromatic carbocycles. The maximum atomic E-state index is 14.0. The number of aryl methyl sites for hydroxylation is 1. The van der Waals surface area contributed by atoms with E-state index < -0.39 is 11.9 Å². The zero-order valence-electron chi connectivity index (χ0n) is 22.3. The minimum Gasteiger partial charge on any atom is -0.493 e. The molecule has 0 saturated heterocycles. The van der Waals surface area contributed by atoms with E-state index in [1.54, 1.807) is 42.3 Å². The fourth-order valence-corrected chi connectivity index (χ4v) is 5.53. The van der Waals surface area contributed by atoms with Crippen LogP contribution in [0, 0.1) is 6.92 Å². The minimum atomic E-state index is -0.758. The normalized spacial score (nSPS) is 14.4. The van der Waals surface area contributed by atoms with Crippen LogP contribution < -0.4 is 14.9 Å². The van der Waals surface area contributed by atoms with Crippen molar-refractivity contribution in [1.29, 1.82) is 0 Å². The summed E-state index contributed by atoms with van der Waals surface area (Å²) in [4.78, 5) is 29.5. The molecule has 0 aliphatic carbocycles. The number of methoxy groups -OCH3 is 1. The highest BCUT2D eigenvalue weighted by molar-refractivity contribution is 6.32. The number of ether oxygens (including phenoxy) is 2. The lowest BCUT2D eigenvalue weighted by molar-refractivity contribution is 0.0714. The van der Waals surface area contributed by atoms with Gasteiger partial charge in [0, 0.05) is 16.6 Å². The summed E-state index contributed by atoms with van der Waals surface area (Å²) in [6.45, 7) is 2.34. The summed E-state index contributed by atoms with van der Waals surface area (Å²) in [5, 5.41) is 1.27. The van der Waals surface area contributed by atoms with Crippen molar-refractivity contribution in [2.24, 2.45) is 0 Å². The summed E-state index contributed by atoms with van der Waals surface area (Å²) in [6.07, 6.45) is 0. The first-order chi connectivity index (χ1) is 19.9. The maximum absolute atomic E-state index is 14.0. The Kier molecular flexibility index (Phi) is 7.20. The van der Waals surface area contributed by atoms with Crippen molar-refractivity contribution in [1.82, 2.24) is 4.90 Å². The molecule has 206 valence electrons. The third-order valence-electron chi connectivity index (χ3n) is 7.29. The number of amides is 1. The molecule has 6 nitrogen and oxygen atoms in total. The summed E-state index contributed by atoms with van der Waals surface area (Å²) in [6, 6.07) is 25.0. The summed E-state index contributed by atoms with van der Waals surface area (Å²) >= 11 is 12.9. The fraction of sp³-hybridized carbons (Fsp3) is 0.152. The largest absolute Gasteiger partial charge is 0.493 e. The summed E-state index contributed by atoms with van der Waals surface area (Å²) in [5.74, 6) is 0.612.